The Labute approximate surface area is 324 Å². The predicted octanol–water partition coefficient (Wildman–Crippen LogP) is 8.16. The number of rotatable bonds is 3. The van der Waals surface area contributed by atoms with Gasteiger partial charge in [0.2, 0.25) is 0 Å². The van der Waals surface area contributed by atoms with Crippen molar-refractivity contribution in [3.8, 4) is 34.1 Å². The number of hydrogen-bond acceptors (Lipinski definition) is 4. The normalized spacial score (nSPS) is 12.9. The summed E-state index contributed by atoms with van der Waals surface area (Å²) in [6.07, 6.45) is 7.46. The van der Waals surface area contributed by atoms with Crippen LogP contribution in [0.4, 0.5) is 0 Å². The lowest BCUT2D eigenvalue weighted by atomic mass is 9.34. The van der Waals surface area contributed by atoms with Crippen molar-refractivity contribution in [1.82, 2.24) is 38.2 Å². The summed E-state index contributed by atoms with van der Waals surface area (Å²) in [6, 6.07) is 50.1. The van der Waals surface area contributed by atoms with Crippen LogP contribution in [0.25, 0.3) is 100 Å². The van der Waals surface area contributed by atoms with Crippen LogP contribution in [0.15, 0.2) is 164 Å². The number of benzene rings is 5. The maximum atomic E-state index is 5.03. The molecule has 2 aliphatic heterocycles. The molecule has 0 N–H and O–H groups in total. The van der Waals surface area contributed by atoms with Gasteiger partial charge in [0.1, 0.15) is 22.6 Å². The number of fused-ring (bicyclic) bond motifs is 14. The minimum absolute atomic E-state index is 0.0183. The molecule has 0 amide bonds. The largest absolute Gasteiger partial charge is 0.296 e. The molecule has 0 bridgehead atoms. The number of aromatic nitrogens is 8. The first-order valence-corrected chi connectivity index (χ1v) is 19.3. The van der Waals surface area contributed by atoms with E-state index in [9.17, 15) is 0 Å². The maximum absolute atomic E-state index is 5.03. The van der Waals surface area contributed by atoms with Gasteiger partial charge in [-0.3, -0.25) is 18.3 Å². The third kappa shape index (κ3) is 3.56. The van der Waals surface area contributed by atoms with Gasteiger partial charge in [-0.2, -0.15) is 0 Å². The zero-order chi connectivity index (χ0) is 36.9. The number of nitrogens with zero attached hydrogens (tertiary/aromatic N) is 8. The second-order valence-electron chi connectivity index (χ2n) is 15.1. The Hall–Kier alpha value is -7.78. The molecule has 262 valence electrons. The minimum Gasteiger partial charge on any atom is -0.296 e. The van der Waals surface area contributed by atoms with Crippen LogP contribution in [-0.2, 0) is 0 Å². The Bertz CT molecular complexity index is 3470. The van der Waals surface area contributed by atoms with Gasteiger partial charge in [-0.05, 0) is 83.1 Å². The molecule has 5 aromatic carbocycles. The van der Waals surface area contributed by atoms with Crippen LogP contribution in [0.3, 0.4) is 0 Å². The summed E-state index contributed by atoms with van der Waals surface area (Å²) < 4.78 is 9.70. The molecule has 9 heteroatoms. The third-order valence-corrected chi connectivity index (χ3v) is 12.3. The van der Waals surface area contributed by atoms with E-state index in [0.717, 1.165) is 61.7 Å². The number of para-hydroxylation sites is 4. The number of pyridine rings is 2. The fraction of sp³-hybridized carbons (Fsp3) is 0. The molecule has 0 saturated heterocycles. The van der Waals surface area contributed by atoms with E-state index in [1.165, 1.54) is 49.0 Å². The lowest BCUT2D eigenvalue weighted by Crippen LogP contribution is -2.59. The lowest BCUT2D eigenvalue weighted by molar-refractivity contribution is 1.03. The van der Waals surface area contributed by atoms with Crippen LogP contribution in [0.5, 0.6) is 0 Å². The summed E-state index contributed by atoms with van der Waals surface area (Å²) in [5, 5.41) is 7.09. The molecule has 8 nitrogen and oxygen atoms in total. The summed E-state index contributed by atoms with van der Waals surface area (Å²) in [7, 11) is 0. The van der Waals surface area contributed by atoms with Gasteiger partial charge in [0.15, 0.2) is 5.82 Å². The summed E-state index contributed by atoms with van der Waals surface area (Å²) in [5.74, 6) is 0.681. The molecule has 0 atom stereocenters. The Balaban J connectivity index is 1.24. The van der Waals surface area contributed by atoms with Crippen LogP contribution in [0.1, 0.15) is 0 Å². The van der Waals surface area contributed by atoms with E-state index in [1.54, 1.807) is 0 Å². The van der Waals surface area contributed by atoms with E-state index >= 15 is 0 Å². The molecule has 9 heterocycles. The highest BCUT2D eigenvalue weighted by Gasteiger charge is 2.43. The molecule has 0 radical (unpaired) electrons. The van der Waals surface area contributed by atoms with E-state index in [4.69, 9.17) is 19.9 Å². The van der Waals surface area contributed by atoms with Gasteiger partial charge in [0.25, 0.3) is 6.71 Å². The average Bonchev–Trinajstić information content (AvgIpc) is 4.00. The first-order chi connectivity index (χ1) is 28.3. The summed E-state index contributed by atoms with van der Waals surface area (Å²) in [6.45, 7) is -0.0183. The number of hydrogen-bond donors (Lipinski definition) is 0. The SMILES string of the molecule is c1ccc(-n2c3ncccc3c3c4cccc5c4n(c32)-c2cc(-c3ncccn3)cc3c2B5c2cccc4c5c6cccnc6n(-c6ccccc6)c5n-3c24)cc1. The molecule has 0 unspecified atom stereocenters. The van der Waals surface area contributed by atoms with Gasteiger partial charge in [0, 0.05) is 85.4 Å². The zero-order valence-corrected chi connectivity index (χ0v) is 30.2. The molecule has 2 aliphatic rings. The molecule has 0 fully saturated rings. The van der Waals surface area contributed by atoms with E-state index in [2.05, 4.69) is 152 Å². The molecule has 57 heavy (non-hydrogen) atoms. The van der Waals surface area contributed by atoms with Gasteiger partial charge < -0.3 is 0 Å². The van der Waals surface area contributed by atoms with Crippen molar-refractivity contribution in [2.45, 2.75) is 0 Å². The first kappa shape index (κ1) is 29.6. The third-order valence-electron chi connectivity index (χ3n) is 12.3. The van der Waals surface area contributed by atoms with Crippen LogP contribution < -0.4 is 16.4 Å². The standard InChI is InChI=1S/C48H27BN8/c1-3-12-29(13-4-1)54-45-33(18-9-22-52-45)39-31-16-7-20-35-42(31)56(47(39)54)37-26-28(44-50-24-11-25-51-44)27-38-41(37)49(35)36-21-8-17-32-40-34-19-10-23-53-46(34)55(30-14-5-2-6-15-30)48(40)57(38)43(32)36/h1-27H. The minimum atomic E-state index is -0.0183. The fourth-order valence-electron chi connectivity index (χ4n) is 10.3. The van der Waals surface area contributed by atoms with Gasteiger partial charge >= 0.3 is 0 Å². The lowest BCUT2D eigenvalue weighted by Gasteiger charge is -2.34. The van der Waals surface area contributed by atoms with Crippen LogP contribution >= 0.6 is 0 Å². The quantitative estimate of drug-likeness (QED) is 0.172. The van der Waals surface area contributed by atoms with Crippen LogP contribution in [-0.4, -0.2) is 44.9 Å². The fourth-order valence-corrected chi connectivity index (χ4v) is 10.3. The summed E-state index contributed by atoms with van der Waals surface area (Å²) >= 11 is 0. The second kappa shape index (κ2) is 10.5. The van der Waals surface area contributed by atoms with Crippen molar-refractivity contribution in [2.24, 2.45) is 0 Å². The van der Waals surface area contributed by atoms with Gasteiger partial charge in [-0.25, -0.2) is 19.9 Å². The van der Waals surface area contributed by atoms with Crippen molar-refractivity contribution in [3.63, 3.8) is 0 Å². The molecule has 0 aliphatic carbocycles. The highest BCUT2D eigenvalue weighted by molar-refractivity contribution is 7.00. The van der Waals surface area contributed by atoms with E-state index in [-0.39, 0.29) is 6.71 Å². The monoisotopic (exact) mass is 726 g/mol. The topological polar surface area (TPSA) is 71.3 Å². The van der Waals surface area contributed by atoms with E-state index in [0.29, 0.717) is 5.82 Å². The first-order valence-electron chi connectivity index (χ1n) is 19.3. The average molecular weight is 727 g/mol. The van der Waals surface area contributed by atoms with E-state index < -0.39 is 0 Å². The maximum Gasteiger partial charge on any atom is 0.252 e. The molecular weight excluding hydrogens is 699 g/mol. The van der Waals surface area contributed by atoms with Gasteiger partial charge in [-0.15, -0.1) is 0 Å². The smallest absolute Gasteiger partial charge is 0.252 e. The summed E-state index contributed by atoms with van der Waals surface area (Å²) in [5.41, 5.74) is 15.6. The van der Waals surface area contributed by atoms with Crippen LogP contribution in [0.2, 0.25) is 0 Å². The molecule has 7 aromatic heterocycles. The van der Waals surface area contributed by atoms with Crippen molar-refractivity contribution >= 4 is 89.0 Å². The van der Waals surface area contributed by atoms with E-state index in [1.807, 2.05) is 30.9 Å². The van der Waals surface area contributed by atoms with Gasteiger partial charge in [-0.1, -0.05) is 72.8 Å². The highest BCUT2D eigenvalue weighted by Crippen LogP contribution is 2.45. The molecule has 12 aromatic rings. The highest BCUT2D eigenvalue weighted by atomic mass is 15.2. The Morgan fingerprint density at radius 3 is 1.39 bits per heavy atom. The van der Waals surface area contributed by atoms with Crippen LogP contribution in [0, 0.1) is 0 Å². The zero-order valence-electron chi connectivity index (χ0n) is 30.2. The molecule has 0 spiro atoms. The molecule has 0 saturated carbocycles. The Morgan fingerprint density at radius 2 is 0.877 bits per heavy atom. The van der Waals surface area contributed by atoms with Crippen molar-refractivity contribution in [1.29, 1.82) is 0 Å². The van der Waals surface area contributed by atoms with Crippen molar-refractivity contribution in [2.75, 3.05) is 0 Å². The van der Waals surface area contributed by atoms with Crippen molar-refractivity contribution < 1.29 is 0 Å². The Kier molecular flexibility index (Phi) is 5.44. The van der Waals surface area contributed by atoms with Gasteiger partial charge in [0.05, 0.1) is 11.0 Å². The van der Waals surface area contributed by atoms with Crippen molar-refractivity contribution in [3.05, 3.63) is 164 Å². The molecule has 14 rings (SSSR count). The predicted molar refractivity (Wildman–Crippen MR) is 230 cm³/mol. The second-order valence-corrected chi connectivity index (χ2v) is 15.1. The molecular formula is C48H27BN8. The summed E-state index contributed by atoms with van der Waals surface area (Å²) in [4.78, 5) is 19.7. The Morgan fingerprint density at radius 1 is 0.404 bits per heavy atom.